The van der Waals surface area contributed by atoms with E-state index in [9.17, 15) is 13.6 Å². The molecule has 2 aromatic heterocycles. The van der Waals surface area contributed by atoms with Crippen molar-refractivity contribution < 1.29 is 13.5 Å². The molecular formula is C19H18F2N4O2S. The summed E-state index contributed by atoms with van der Waals surface area (Å²) in [5.74, 6) is -0.502. The van der Waals surface area contributed by atoms with Crippen LogP contribution < -0.4 is 15.0 Å². The van der Waals surface area contributed by atoms with E-state index in [2.05, 4.69) is 14.7 Å². The topological polar surface area (TPSA) is 69.0 Å². The summed E-state index contributed by atoms with van der Waals surface area (Å²) in [6, 6.07) is 6.30. The van der Waals surface area contributed by atoms with Crippen LogP contribution in [0.25, 0.3) is 11.3 Å². The zero-order valence-corrected chi connectivity index (χ0v) is 16.3. The van der Waals surface area contributed by atoms with Gasteiger partial charge in [0, 0.05) is 42.3 Å². The number of aryl methyl sites for hydroxylation is 2. The minimum absolute atomic E-state index is 0.103. The highest BCUT2D eigenvalue weighted by Gasteiger charge is 2.13. The number of aromatic nitrogens is 3. The average Bonchev–Trinajstić information content (AvgIpc) is 2.66. The third-order valence-electron chi connectivity index (χ3n) is 3.78. The van der Waals surface area contributed by atoms with Gasteiger partial charge in [-0.05, 0) is 25.1 Å². The molecule has 0 spiro atoms. The normalized spacial score (nSPS) is 10.8. The lowest BCUT2D eigenvalue weighted by Crippen LogP contribution is -2.18. The predicted octanol–water partition coefficient (Wildman–Crippen LogP) is 4.30. The van der Waals surface area contributed by atoms with Gasteiger partial charge in [0.25, 0.3) is 5.56 Å². The molecule has 9 heteroatoms. The van der Waals surface area contributed by atoms with Crippen molar-refractivity contribution in [2.45, 2.75) is 13.8 Å². The number of benzene rings is 1. The van der Waals surface area contributed by atoms with Crippen LogP contribution in [0.4, 0.5) is 14.6 Å². The molecule has 6 nitrogen and oxygen atoms in total. The fourth-order valence-corrected chi connectivity index (χ4v) is 2.89. The van der Waals surface area contributed by atoms with Crippen LogP contribution in [0.5, 0.6) is 11.8 Å². The summed E-state index contributed by atoms with van der Waals surface area (Å²) in [7, 11) is 1.65. The molecule has 0 bridgehead atoms. The van der Waals surface area contributed by atoms with Crippen LogP contribution in [0, 0.1) is 18.6 Å². The number of hydrogen-bond acceptors (Lipinski definition) is 6. The largest absolute Gasteiger partial charge is 0.421 e. The second kappa shape index (κ2) is 8.39. The first-order valence-corrected chi connectivity index (χ1v) is 9.43. The van der Waals surface area contributed by atoms with Crippen LogP contribution in [0.2, 0.25) is 0 Å². The summed E-state index contributed by atoms with van der Waals surface area (Å²) in [5, 5.41) is 0. The molecule has 1 N–H and O–H groups in total. The highest BCUT2D eigenvalue weighted by atomic mass is 32.2. The van der Waals surface area contributed by atoms with Gasteiger partial charge >= 0.3 is 6.01 Å². The van der Waals surface area contributed by atoms with Crippen LogP contribution in [0.3, 0.4) is 0 Å². The van der Waals surface area contributed by atoms with Crippen LogP contribution in [-0.2, 0) is 7.05 Å². The van der Waals surface area contributed by atoms with E-state index in [1.807, 2.05) is 6.92 Å². The number of anilines is 1. The number of nitrogens with one attached hydrogen (secondary N) is 1. The maximum Gasteiger partial charge on any atom is 0.324 e. The third kappa shape index (κ3) is 4.48. The van der Waals surface area contributed by atoms with Crippen molar-refractivity contribution in [2.24, 2.45) is 7.05 Å². The summed E-state index contributed by atoms with van der Waals surface area (Å²) in [6.07, 6.45) is 1.65. The molecule has 0 amide bonds. The molecule has 0 unspecified atom stereocenters. The van der Waals surface area contributed by atoms with Crippen LogP contribution in [-0.4, -0.2) is 20.3 Å². The van der Waals surface area contributed by atoms with E-state index >= 15 is 0 Å². The molecule has 0 radical (unpaired) electrons. The van der Waals surface area contributed by atoms with Gasteiger partial charge in [-0.1, -0.05) is 18.9 Å². The Morgan fingerprint density at radius 2 is 2.00 bits per heavy atom. The molecule has 0 fully saturated rings. The highest BCUT2D eigenvalue weighted by Crippen LogP contribution is 2.27. The van der Waals surface area contributed by atoms with E-state index in [4.69, 9.17) is 4.74 Å². The molecule has 0 saturated heterocycles. The molecule has 0 aliphatic rings. The molecule has 1 aromatic carbocycles. The van der Waals surface area contributed by atoms with Gasteiger partial charge in [-0.3, -0.25) is 4.79 Å². The van der Waals surface area contributed by atoms with Gasteiger partial charge in [0.2, 0.25) is 0 Å². The summed E-state index contributed by atoms with van der Waals surface area (Å²) >= 11 is 1.42. The third-order valence-corrected chi connectivity index (χ3v) is 4.42. The number of ether oxygens (including phenoxy) is 1. The number of nitrogens with zero attached hydrogens (tertiary/aromatic N) is 3. The molecule has 0 aliphatic carbocycles. The van der Waals surface area contributed by atoms with Crippen molar-refractivity contribution in [2.75, 3.05) is 10.5 Å². The van der Waals surface area contributed by atoms with E-state index in [0.29, 0.717) is 22.6 Å². The fourth-order valence-electron chi connectivity index (χ4n) is 2.49. The van der Waals surface area contributed by atoms with E-state index in [1.54, 1.807) is 32.3 Å². The summed E-state index contributed by atoms with van der Waals surface area (Å²) < 4.78 is 37.0. The second-order valence-corrected chi connectivity index (χ2v) is 7.03. The zero-order chi connectivity index (χ0) is 20.3. The Morgan fingerprint density at radius 1 is 1.21 bits per heavy atom. The Morgan fingerprint density at radius 3 is 2.68 bits per heavy atom. The Bertz CT molecular complexity index is 1050. The highest BCUT2D eigenvalue weighted by molar-refractivity contribution is 8.00. The van der Waals surface area contributed by atoms with Crippen molar-refractivity contribution in [3.8, 4) is 23.0 Å². The molecule has 0 aliphatic heterocycles. The number of rotatable bonds is 6. The van der Waals surface area contributed by atoms with Crippen LogP contribution >= 0.6 is 11.9 Å². The SMILES string of the molecule is CCSNc1cc(-c2cc(C)c(=O)n(C)c2)nc(Oc2ccc(F)cc2F)n1. The minimum Gasteiger partial charge on any atom is -0.421 e. The molecule has 3 rings (SSSR count). The van der Waals surface area contributed by atoms with Gasteiger partial charge < -0.3 is 14.0 Å². The smallest absolute Gasteiger partial charge is 0.324 e. The molecule has 146 valence electrons. The second-order valence-electron chi connectivity index (χ2n) is 5.96. The monoisotopic (exact) mass is 404 g/mol. The van der Waals surface area contributed by atoms with E-state index in [0.717, 1.165) is 17.9 Å². The van der Waals surface area contributed by atoms with Gasteiger partial charge in [0.05, 0.1) is 5.69 Å². The number of hydrogen-bond donors (Lipinski definition) is 1. The lowest BCUT2D eigenvalue weighted by molar-refractivity contribution is 0.409. The quantitative estimate of drug-likeness (QED) is 0.618. The van der Waals surface area contributed by atoms with Gasteiger partial charge in [0.15, 0.2) is 11.6 Å². The molecule has 0 atom stereocenters. The van der Waals surface area contributed by atoms with Crippen LogP contribution in [0.15, 0.2) is 41.3 Å². The number of halogens is 2. The molecular weight excluding hydrogens is 386 g/mol. The van der Waals surface area contributed by atoms with Gasteiger partial charge in [-0.15, -0.1) is 0 Å². The maximum absolute atomic E-state index is 13.9. The van der Waals surface area contributed by atoms with E-state index < -0.39 is 11.6 Å². The maximum atomic E-state index is 13.9. The van der Waals surface area contributed by atoms with Gasteiger partial charge in [0.1, 0.15) is 11.6 Å². The molecule has 0 saturated carbocycles. The van der Waals surface area contributed by atoms with Crippen molar-refractivity contribution >= 4 is 17.8 Å². The first-order chi connectivity index (χ1) is 13.4. The predicted molar refractivity (Wildman–Crippen MR) is 106 cm³/mol. The van der Waals surface area contributed by atoms with Gasteiger partial charge in [-0.25, -0.2) is 8.78 Å². The van der Waals surface area contributed by atoms with Crippen molar-refractivity contribution in [3.63, 3.8) is 0 Å². The first kappa shape index (κ1) is 19.8. The minimum atomic E-state index is -0.857. The lowest BCUT2D eigenvalue weighted by Gasteiger charge is -2.11. The molecule has 2 heterocycles. The van der Waals surface area contributed by atoms with Crippen LogP contribution in [0.1, 0.15) is 12.5 Å². The zero-order valence-electron chi connectivity index (χ0n) is 15.5. The summed E-state index contributed by atoms with van der Waals surface area (Å²) in [5.41, 5.74) is 1.62. The Balaban J connectivity index is 2.05. The standard InChI is InChI=1S/C19H18F2N4O2S/c1-4-28-24-17-9-15(12-7-11(2)18(26)25(3)10-12)22-19(23-17)27-16-6-5-13(20)8-14(16)21/h5-10H,4H2,1-3H3,(H,22,23,24). The van der Waals surface area contributed by atoms with Crippen molar-refractivity contribution in [3.05, 3.63) is 64.1 Å². The van der Waals surface area contributed by atoms with Crippen molar-refractivity contribution in [1.29, 1.82) is 0 Å². The Labute approximate surface area is 164 Å². The average molecular weight is 404 g/mol. The lowest BCUT2D eigenvalue weighted by atomic mass is 10.1. The summed E-state index contributed by atoms with van der Waals surface area (Å²) in [6.45, 7) is 3.69. The van der Waals surface area contributed by atoms with E-state index in [-0.39, 0.29) is 17.3 Å². The first-order valence-electron chi connectivity index (χ1n) is 8.45. The summed E-state index contributed by atoms with van der Waals surface area (Å²) in [4.78, 5) is 20.5. The van der Waals surface area contributed by atoms with Crippen molar-refractivity contribution in [1.82, 2.24) is 14.5 Å². The fraction of sp³-hybridized carbons (Fsp3) is 0.211. The molecule has 3 aromatic rings. The Kier molecular flexibility index (Phi) is 5.93. The number of pyridine rings is 1. The Hall–Kier alpha value is -2.94. The molecule has 28 heavy (non-hydrogen) atoms. The van der Waals surface area contributed by atoms with Gasteiger partial charge in [-0.2, -0.15) is 9.97 Å². The van der Waals surface area contributed by atoms with E-state index in [1.165, 1.54) is 22.6 Å².